The van der Waals surface area contributed by atoms with E-state index in [9.17, 15) is 24.5 Å². The Labute approximate surface area is 194 Å². The van der Waals surface area contributed by atoms with E-state index >= 15 is 0 Å². The zero-order valence-corrected chi connectivity index (χ0v) is 18.9. The SMILES string of the molecule is C[N+](C)(C)CC(=O)N/N=C(/Cc1nc2ccccc2[nH]c1=O)C(=O)Nc1ccc([N+](=O)[O-])cc1. The van der Waals surface area contributed by atoms with Gasteiger partial charge in [-0.15, -0.1) is 0 Å². The van der Waals surface area contributed by atoms with Gasteiger partial charge in [-0.3, -0.25) is 24.5 Å². The van der Waals surface area contributed by atoms with Crippen LogP contribution in [-0.4, -0.2) is 64.6 Å². The summed E-state index contributed by atoms with van der Waals surface area (Å²) in [5, 5.41) is 17.4. The number of nitrogens with one attached hydrogen (secondary N) is 3. The number of carbonyl (C=O) groups is 2. The van der Waals surface area contributed by atoms with Crippen molar-refractivity contribution in [3.8, 4) is 0 Å². The maximum Gasteiger partial charge on any atom is 0.295 e. The quantitative estimate of drug-likeness (QED) is 0.196. The minimum Gasteiger partial charge on any atom is -0.323 e. The van der Waals surface area contributed by atoms with Gasteiger partial charge in [0.1, 0.15) is 11.4 Å². The van der Waals surface area contributed by atoms with E-state index in [-0.39, 0.29) is 35.7 Å². The molecule has 0 aliphatic carbocycles. The van der Waals surface area contributed by atoms with Crippen LogP contribution >= 0.6 is 0 Å². The van der Waals surface area contributed by atoms with Crippen LogP contribution in [0, 0.1) is 10.1 Å². The molecule has 0 fully saturated rings. The molecular weight excluding hydrogens is 442 g/mol. The monoisotopic (exact) mass is 466 g/mol. The van der Waals surface area contributed by atoms with Gasteiger partial charge in [0.25, 0.3) is 23.1 Å². The number of rotatable bonds is 8. The third-order valence-electron chi connectivity index (χ3n) is 4.54. The number of nitro benzene ring substituents is 1. The van der Waals surface area contributed by atoms with E-state index in [2.05, 4.69) is 25.8 Å². The summed E-state index contributed by atoms with van der Waals surface area (Å²) in [4.78, 5) is 55.0. The Morgan fingerprint density at radius 1 is 1.12 bits per heavy atom. The topological polar surface area (TPSA) is 159 Å². The highest BCUT2D eigenvalue weighted by Gasteiger charge is 2.19. The van der Waals surface area contributed by atoms with Crippen LogP contribution in [0.4, 0.5) is 11.4 Å². The minimum absolute atomic E-state index is 0.0390. The Bertz CT molecular complexity index is 1320. The lowest BCUT2D eigenvalue weighted by Gasteiger charge is -2.22. The number of fused-ring (bicyclic) bond motifs is 1. The standard InChI is InChI=1S/C22H23N7O5/c1-29(2,3)13-20(30)27-26-19(22(32)23-14-8-10-15(11-9-14)28(33)34)12-18-21(31)25-17-7-5-4-6-16(17)24-18/h4-11H,12-13H2,1-3H3,(H2-,23,25,27,30,31,32)/p+1. The van der Waals surface area contributed by atoms with Crippen LogP contribution in [0.25, 0.3) is 11.0 Å². The number of aromatic nitrogens is 2. The highest BCUT2D eigenvalue weighted by Crippen LogP contribution is 2.15. The molecule has 12 nitrogen and oxygen atoms in total. The van der Waals surface area contributed by atoms with Crippen LogP contribution in [0.1, 0.15) is 5.69 Å². The lowest BCUT2D eigenvalue weighted by Crippen LogP contribution is -2.43. The van der Waals surface area contributed by atoms with Gasteiger partial charge in [-0.25, -0.2) is 10.4 Å². The van der Waals surface area contributed by atoms with Gasteiger partial charge in [-0.05, 0) is 24.3 Å². The van der Waals surface area contributed by atoms with Gasteiger partial charge >= 0.3 is 0 Å². The summed E-state index contributed by atoms with van der Waals surface area (Å²) in [6.07, 6.45) is -0.260. The fourth-order valence-corrected chi connectivity index (χ4v) is 2.98. The van der Waals surface area contributed by atoms with Crippen molar-refractivity contribution in [1.82, 2.24) is 15.4 Å². The molecule has 34 heavy (non-hydrogen) atoms. The summed E-state index contributed by atoms with van der Waals surface area (Å²) in [6, 6.07) is 12.2. The Hall–Kier alpha value is -4.45. The molecule has 0 atom stereocenters. The van der Waals surface area contributed by atoms with E-state index in [4.69, 9.17) is 0 Å². The Balaban J connectivity index is 1.88. The van der Waals surface area contributed by atoms with Crippen molar-refractivity contribution < 1.29 is 19.0 Å². The summed E-state index contributed by atoms with van der Waals surface area (Å²) < 4.78 is 0.345. The van der Waals surface area contributed by atoms with Crippen molar-refractivity contribution in [2.45, 2.75) is 6.42 Å². The summed E-state index contributed by atoms with van der Waals surface area (Å²) in [6.45, 7) is 0.107. The summed E-state index contributed by atoms with van der Waals surface area (Å²) in [7, 11) is 5.47. The second-order valence-electron chi connectivity index (χ2n) is 8.51. The second kappa shape index (κ2) is 10.0. The fourth-order valence-electron chi connectivity index (χ4n) is 2.98. The van der Waals surface area contributed by atoms with Crippen LogP contribution in [0.5, 0.6) is 0 Å². The van der Waals surface area contributed by atoms with Crippen molar-refractivity contribution in [1.29, 1.82) is 0 Å². The number of hydrogen-bond acceptors (Lipinski definition) is 7. The molecule has 0 bridgehead atoms. The summed E-state index contributed by atoms with van der Waals surface area (Å²) in [5.41, 5.74) is 2.95. The first-order valence-electron chi connectivity index (χ1n) is 10.2. The summed E-state index contributed by atoms with van der Waals surface area (Å²) >= 11 is 0. The maximum atomic E-state index is 12.9. The van der Waals surface area contributed by atoms with Gasteiger partial charge in [-0.1, -0.05) is 12.1 Å². The van der Waals surface area contributed by atoms with Crippen molar-refractivity contribution in [2.75, 3.05) is 33.0 Å². The predicted octanol–water partition coefficient (Wildman–Crippen LogP) is 1.19. The maximum absolute atomic E-state index is 12.9. The number of para-hydroxylation sites is 2. The normalized spacial score (nSPS) is 11.8. The first-order chi connectivity index (χ1) is 16.0. The number of hydrazone groups is 1. The van der Waals surface area contributed by atoms with E-state index in [1.165, 1.54) is 24.3 Å². The summed E-state index contributed by atoms with van der Waals surface area (Å²) in [5.74, 6) is -1.12. The number of anilines is 1. The smallest absolute Gasteiger partial charge is 0.295 e. The third-order valence-corrected chi connectivity index (χ3v) is 4.54. The fraction of sp³-hybridized carbons (Fsp3) is 0.227. The molecular formula is C22H24N7O5+. The molecule has 0 aliphatic rings. The van der Waals surface area contributed by atoms with Crippen LogP contribution in [0.15, 0.2) is 58.4 Å². The van der Waals surface area contributed by atoms with Crippen molar-refractivity contribution in [2.24, 2.45) is 5.10 Å². The first-order valence-corrected chi connectivity index (χ1v) is 10.2. The van der Waals surface area contributed by atoms with Gasteiger partial charge in [0.05, 0.1) is 37.1 Å². The molecule has 1 aromatic heterocycles. The number of likely N-dealkylation sites (N-methyl/N-ethyl adjacent to an activating group) is 1. The molecule has 0 aliphatic heterocycles. The average molecular weight is 466 g/mol. The Morgan fingerprint density at radius 2 is 1.79 bits per heavy atom. The van der Waals surface area contributed by atoms with Crippen molar-refractivity contribution in [3.05, 3.63) is 74.7 Å². The average Bonchev–Trinajstić information content (AvgIpc) is 2.76. The molecule has 12 heteroatoms. The number of aromatic amines is 1. The highest BCUT2D eigenvalue weighted by molar-refractivity contribution is 6.43. The van der Waals surface area contributed by atoms with Gasteiger partial charge in [0.2, 0.25) is 0 Å². The van der Waals surface area contributed by atoms with Crippen LogP contribution < -0.4 is 16.3 Å². The Kier molecular flexibility index (Phi) is 7.12. The molecule has 0 saturated carbocycles. The van der Waals surface area contributed by atoms with Gasteiger partial charge in [0.15, 0.2) is 6.54 Å². The molecule has 0 radical (unpaired) electrons. The molecule has 0 unspecified atom stereocenters. The van der Waals surface area contributed by atoms with E-state index in [0.29, 0.717) is 15.5 Å². The van der Waals surface area contributed by atoms with Crippen LogP contribution in [-0.2, 0) is 16.0 Å². The number of hydrogen-bond donors (Lipinski definition) is 3. The Morgan fingerprint density at radius 3 is 2.44 bits per heavy atom. The van der Waals surface area contributed by atoms with E-state index in [1.807, 2.05) is 21.1 Å². The number of non-ortho nitro benzene ring substituents is 1. The van der Waals surface area contributed by atoms with Crippen LogP contribution in [0.3, 0.4) is 0 Å². The molecule has 0 spiro atoms. The third kappa shape index (κ3) is 6.53. The molecule has 1 heterocycles. The first kappa shape index (κ1) is 24.2. The van der Waals surface area contributed by atoms with Crippen molar-refractivity contribution >= 4 is 39.9 Å². The van der Waals surface area contributed by atoms with Gasteiger partial charge < -0.3 is 14.8 Å². The van der Waals surface area contributed by atoms with Gasteiger partial charge in [-0.2, -0.15) is 5.10 Å². The number of benzene rings is 2. The lowest BCUT2D eigenvalue weighted by molar-refractivity contribution is -0.862. The molecule has 2 aromatic carbocycles. The van der Waals surface area contributed by atoms with E-state index < -0.39 is 22.3 Å². The van der Waals surface area contributed by atoms with Crippen molar-refractivity contribution in [3.63, 3.8) is 0 Å². The second-order valence-corrected chi connectivity index (χ2v) is 8.51. The number of nitro groups is 1. The van der Waals surface area contributed by atoms with E-state index in [1.54, 1.807) is 24.3 Å². The molecule has 2 amide bonds. The van der Waals surface area contributed by atoms with E-state index in [0.717, 1.165) is 0 Å². The molecule has 3 aromatic rings. The molecule has 0 saturated heterocycles. The lowest BCUT2D eigenvalue weighted by atomic mass is 10.2. The highest BCUT2D eigenvalue weighted by atomic mass is 16.6. The predicted molar refractivity (Wildman–Crippen MR) is 126 cm³/mol. The number of amides is 2. The molecule has 3 rings (SSSR count). The minimum atomic E-state index is -0.700. The zero-order chi connectivity index (χ0) is 24.9. The number of H-pyrrole nitrogens is 1. The molecule has 3 N–H and O–H groups in total. The molecule has 176 valence electrons. The largest absolute Gasteiger partial charge is 0.323 e. The number of carbonyl (C=O) groups excluding carboxylic acids is 2. The number of quaternary nitrogens is 1. The zero-order valence-electron chi connectivity index (χ0n) is 18.9. The van der Waals surface area contributed by atoms with Gasteiger partial charge in [0, 0.05) is 24.2 Å². The number of nitrogens with zero attached hydrogens (tertiary/aromatic N) is 4. The van der Waals surface area contributed by atoms with Crippen LogP contribution in [0.2, 0.25) is 0 Å².